The first-order valence-electron chi connectivity index (χ1n) is 6.65. The maximum Gasteiger partial charge on any atom is 0.315 e. The number of carbonyl (C=O) groups is 1. The van der Waals surface area contributed by atoms with Gasteiger partial charge in [0.2, 0.25) is 0 Å². The molecule has 4 nitrogen and oxygen atoms in total. The molecule has 104 valence electrons. The molecule has 3 rings (SSSR count). The third-order valence-electron chi connectivity index (χ3n) is 3.71. The predicted octanol–water partition coefficient (Wildman–Crippen LogP) is 2.67. The lowest BCUT2D eigenvalue weighted by Crippen LogP contribution is -2.46. The molecule has 2 fully saturated rings. The molecule has 0 aliphatic carbocycles. The monoisotopic (exact) mass is 344 g/mol. The smallest absolute Gasteiger partial charge is 0.315 e. The van der Waals surface area contributed by atoms with Crippen LogP contribution >= 0.6 is 27.3 Å². The van der Waals surface area contributed by atoms with Crippen molar-refractivity contribution < 1.29 is 9.53 Å². The van der Waals surface area contributed by atoms with E-state index in [0.29, 0.717) is 12.6 Å². The number of rotatable bonds is 4. The molecule has 6 heteroatoms. The van der Waals surface area contributed by atoms with Crippen LogP contribution in [-0.2, 0) is 11.2 Å². The summed E-state index contributed by atoms with van der Waals surface area (Å²) in [6.07, 6.45) is 4.69. The summed E-state index contributed by atoms with van der Waals surface area (Å²) in [5.41, 5.74) is 0. The van der Waals surface area contributed by atoms with Crippen molar-refractivity contribution in [1.82, 2.24) is 10.6 Å². The summed E-state index contributed by atoms with van der Waals surface area (Å²) in [5.74, 6) is 0. The van der Waals surface area contributed by atoms with Crippen LogP contribution in [-0.4, -0.2) is 30.8 Å². The summed E-state index contributed by atoms with van der Waals surface area (Å²) in [5, 5.41) is 5.93. The fourth-order valence-electron chi connectivity index (χ4n) is 2.79. The molecule has 2 aliphatic rings. The Kier molecular flexibility index (Phi) is 4.10. The number of fused-ring (bicyclic) bond motifs is 2. The number of hydrogen-bond acceptors (Lipinski definition) is 3. The highest BCUT2D eigenvalue weighted by Crippen LogP contribution is 2.34. The highest BCUT2D eigenvalue weighted by molar-refractivity contribution is 9.11. The van der Waals surface area contributed by atoms with Crippen LogP contribution in [0.15, 0.2) is 15.9 Å². The van der Waals surface area contributed by atoms with E-state index >= 15 is 0 Å². The molecule has 2 aliphatic heterocycles. The van der Waals surface area contributed by atoms with Gasteiger partial charge in [-0.25, -0.2) is 4.79 Å². The summed E-state index contributed by atoms with van der Waals surface area (Å²) in [4.78, 5) is 13.1. The van der Waals surface area contributed by atoms with Gasteiger partial charge in [-0.15, -0.1) is 11.3 Å². The number of ether oxygens (including phenoxy) is 1. The molecule has 0 radical (unpaired) electrons. The summed E-state index contributed by atoms with van der Waals surface area (Å²) in [7, 11) is 0. The zero-order valence-electron chi connectivity index (χ0n) is 10.5. The third kappa shape index (κ3) is 3.30. The third-order valence-corrected chi connectivity index (χ3v) is 5.39. The van der Waals surface area contributed by atoms with Crippen LogP contribution in [0.4, 0.5) is 4.79 Å². The van der Waals surface area contributed by atoms with Crippen LogP contribution in [0.2, 0.25) is 0 Å². The molecule has 3 heterocycles. The number of hydrogen-bond donors (Lipinski definition) is 2. The molecule has 19 heavy (non-hydrogen) atoms. The van der Waals surface area contributed by atoms with Crippen molar-refractivity contribution in [2.45, 2.75) is 43.9 Å². The molecule has 0 aromatic carbocycles. The molecule has 2 bridgehead atoms. The Balaban J connectivity index is 1.37. The highest BCUT2D eigenvalue weighted by atomic mass is 79.9. The SMILES string of the molecule is O=C(NCCc1ccc(Br)s1)N[C@H]1C[C@H]2CC[C@H]1O2. The van der Waals surface area contributed by atoms with Crippen LogP contribution in [0.1, 0.15) is 24.1 Å². The molecule has 0 saturated carbocycles. The highest BCUT2D eigenvalue weighted by Gasteiger charge is 2.41. The summed E-state index contributed by atoms with van der Waals surface area (Å²) < 4.78 is 6.85. The number of amides is 2. The normalized spacial score (nSPS) is 28.6. The van der Waals surface area contributed by atoms with E-state index in [1.807, 2.05) is 6.07 Å². The van der Waals surface area contributed by atoms with E-state index in [1.165, 1.54) is 4.88 Å². The molecule has 2 N–H and O–H groups in total. The van der Waals surface area contributed by atoms with E-state index in [4.69, 9.17) is 4.74 Å². The Bertz CT molecular complexity index is 465. The minimum atomic E-state index is -0.0724. The Morgan fingerprint density at radius 2 is 2.37 bits per heavy atom. The van der Waals surface area contributed by atoms with Crippen LogP contribution < -0.4 is 10.6 Å². The van der Waals surface area contributed by atoms with Crippen molar-refractivity contribution in [1.29, 1.82) is 0 Å². The second-order valence-electron chi connectivity index (χ2n) is 5.07. The van der Waals surface area contributed by atoms with Gasteiger partial charge in [0.15, 0.2) is 0 Å². The molecular formula is C13H17BrN2O2S. The van der Waals surface area contributed by atoms with Crippen LogP contribution in [0.25, 0.3) is 0 Å². The minimum absolute atomic E-state index is 0.0724. The van der Waals surface area contributed by atoms with Crippen LogP contribution in [0.5, 0.6) is 0 Å². The minimum Gasteiger partial charge on any atom is -0.373 e. The Labute approximate surface area is 125 Å². The summed E-state index contributed by atoms with van der Waals surface area (Å²) in [6, 6.07) is 4.25. The number of carbonyl (C=O) groups excluding carboxylic acids is 1. The van der Waals surface area contributed by atoms with Gasteiger partial charge in [-0.05, 0) is 53.7 Å². The Morgan fingerprint density at radius 1 is 1.47 bits per heavy atom. The maximum absolute atomic E-state index is 11.8. The van der Waals surface area contributed by atoms with Gasteiger partial charge in [0, 0.05) is 11.4 Å². The first-order valence-corrected chi connectivity index (χ1v) is 8.26. The second kappa shape index (κ2) is 5.81. The lowest BCUT2D eigenvalue weighted by atomic mass is 9.96. The zero-order chi connectivity index (χ0) is 13.2. The molecule has 3 atom stereocenters. The molecule has 1 aromatic rings. The van der Waals surface area contributed by atoms with Crippen LogP contribution in [0.3, 0.4) is 0 Å². The van der Waals surface area contributed by atoms with Crippen molar-refractivity contribution in [3.63, 3.8) is 0 Å². The average molecular weight is 345 g/mol. The van der Waals surface area contributed by atoms with Crippen molar-refractivity contribution in [3.05, 3.63) is 20.8 Å². The zero-order valence-corrected chi connectivity index (χ0v) is 12.9. The van der Waals surface area contributed by atoms with Gasteiger partial charge in [0.1, 0.15) is 0 Å². The van der Waals surface area contributed by atoms with Gasteiger partial charge in [0.25, 0.3) is 0 Å². The number of urea groups is 1. The van der Waals surface area contributed by atoms with E-state index in [-0.39, 0.29) is 18.2 Å². The number of nitrogens with one attached hydrogen (secondary N) is 2. The fourth-order valence-corrected chi connectivity index (χ4v) is 4.28. The van der Waals surface area contributed by atoms with E-state index in [1.54, 1.807) is 11.3 Å². The number of halogens is 1. The predicted molar refractivity (Wildman–Crippen MR) is 78.6 cm³/mol. The van der Waals surface area contributed by atoms with Gasteiger partial charge in [-0.1, -0.05) is 0 Å². The molecule has 1 aromatic heterocycles. The number of thiophene rings is 1. The lowest BCUT2D eigenvalue weighted by molar-refractivity contribution is 0.0981. The molecule has 0 unspecified atom stereocenters. The topological polar surface area (TPSA) is 50.4 Å². The first kappa shape index (κ1) is 13.4. The Hall–Kier alpha value is -0.590. The molecule has 0 spiro atoms. The van der Waals surface area contributed by atoms with Gasteiger partial charge in [-0.2, -0.15) is 0 Å². The molecule has 2 saturated heterocycles. The largest absolute Gasteiger partial charge is 0.373 e. The quantitative estimate of drug-likeness (QED) is 0.882. The van der Waals surface area contributed by atoms with E-state index in [0.717, 1.165) is 29.5 Å². The average Bonchev–Trinajstić information content (AvgIpc) is 3.06. The van der Waals surface area contributed by atoms with Crippen molar-refractivity contribution >= 4 is 33.3 Å². The standard InChI is InChI=1S/C13H17BrN2O2S/c14-12-4-2-9(19-12)5-6-15-13(17)16-10-7-8-1-3-11(10)18-8/h2,4,8,10-11H,1,3,5-7H2,(H2,15,16,17)/t8-,10+,11-/m1/s1. The fraction of sp³-hybridized carbons (Fsp3) is 0.615. The van der Waals surface area contributed by atoms with Crippen molar-refractivity contribution in [2.24, 2.45) is 0 Å². The second-order valence-corrected chi connectivity index (χ2v) is 7.62. The van der Waals surface area contributed by atoms with E-state index in [2.05, 4.69) is 32.6 Å². The summed E-state index contributed by atoms with van der Waals surface area (Å²) in [6.45, 7) is 0.667. The van der Waals surface area contributed by atoms with Crippen molar-refractivity contribution in [3.8, 4) is 0 Å². The van der Waals surface area contributed by atoms with Gasteiger partial charge < -0.3 is 15.4 Å². The molecule has 2 amide bonds. The lowest BCUT2D eigenvalue weighted by Gasteiger charge is -2.20. The summed E-state index contributed by atoms with van der Waals surface area (Å²) >= 11 is 5.14. The van der Waals surface area contributed by atoms with Gasteiger partial charge >= 0.3 is 6.03 Å². The van der Waals surface area contributed by atoms with E-state index in [9.17, 15) is 4.79 Å². The Morgan fingerprint density at radius 3 is 3.00 bits per heavy atom. The van der Waals surface area contributed by atoms with Gasteiger partial charge in [0.05, 0.1) is 22.0 Å². The van der Waals surface area contributed by atoms with E-state index < -0.39 is 0 Å². The maximum atomic E-state index is 11.8. The van der Waals surface area contributed by atoms with Crippen molar-refractivity contribution in [2.75, 3.05) is 6.54 Å². The van der Waals surface area contributed by atoms with Gasteiger partial charge in [-0.3, -0.25) is 0 Å². The molecular weight excluding hydrogens is 328 g/mol. The first-order chi connectivity index (χ1) is 9.20. The van der Waals surface area contributed by atoms with Crippen LogP contribution in [0, 0.1) is 0 Å².